The number of nitrogens with one attached hydrogen (secondary N) is 1. The molecule has 3 N–H and O–H groups in total. The predicted molar refractivity (Wildman–Crippen MR) is 86.4 cm³/mol. The highest BCUT2D eigenvalue weighted by Crippen LogP contribution is 2.18. The first kappa shape index (κ1) is 18.3. The van der Waals surface area contributed by atoms with Crippen LogP contribution >= 0.6 is 0 Å². The number of anilines is 1. The molecule has 2 aromatic rings. The minimum atomic E-state index is -3.88. The zero-order valence-electron chi connectivity index (χ0n) is 12.5. The van der Waals surface area contributed by atoms with Crippen molar-refractivity contribution < 1.29 is 22.0 Å². The predicted octanol–water partition coefficient (Wildman–Crippen LogP) is 2.16. The number of nitrogens with zero attached hydrogens (tertiary/aromatic N) is 1. The molecule has 0 aliphatic carbocycles. The Morgan fingerprint density at radius 1 is 1.12 bits per heavy atom. The van der Waals surface area contributed by atoms with E-state index in [1.807, 2.05) is 0 Å². The number of nitriles is 1. The normalized spacial score (nSPS) is 11.7. The summed E-state index contributed by atoms with van der Waals surface area (Å²) in [5, 5.41) is 16.3. The molecule has 2 rings (SSSR count). The van der Waals surface area contributed by atoms with Crippen molar-refractivity contribution in [3.63, 3.8) is 0 Å². The molecule has 128 valence electrons. The molecule has 0 aromatic heterocycles. The molecular formula is C16H11F2N3O3S. The molecule has 2 aromatic carbocycles. The van der Waals surface area contributed by atoms with E-state index in [9.17, 15) is 22.0 Å². The molecule has 0 saturated carbocycles. The van der Waals surface area contributed by atoms with Gasteiger partial charge in [0.25, 0.3) is 5.91 Å². The van der Waals surface area contributed by atoms with Gasteiger partial charge in [-0.1, -0.05) is 6.07 Å². The number of carbonyl (C=O) groups excluding carboxylic acids is 1. The standard InChI is InChI=1S/C16H11F2N3O3S/c17-14-2-1-3-15(18)13(14)8-10(9-19)16(22)21-11-4-6-12(7-5-11)25(20,23)24/h1-8H,(H,21,22)(H2,20,23,24)/b10-8+. The molecule has 0 spiro atoms. The van der Waals surface area contributed by atoms with Crippen LogP contribution in [0.3, 0.4) is 0 Å². The van der Waals surface area contributed by atoms with Crippen molar-refractivity contribution in [1.82, 2.24) is 0 Å². The zero-order valence-corrected chi connectivity index (χ0v) is 13.3. The van der Waals surface area contributed by atoms with E-state index in [4.69, 9.17) is 10.4 Å². The highest BCUT2D eigenvalue weighted by molar-refractivity contribution is 7.89. The van der Waals surface area contributed by atoms with Crippen LogP contribution in [0.15, 0.2) is 52.9 Å². The first-order valence-electron chi connectivity index (χ1n) is 6.72. The Bertz CT molecular complexity index is 974. The van der Waals surface area contributed by atoms with Crippen LogP contribution < -0.4 is 10.5 Å². The number of amides is 1. The van der Waals surface area contributed by atoms with E-state index in [1.165, 1.54) is 12.1 Å². The molecule has 0 aliphatic rings. The van der Waals surface area contributed by atoms with E-state index < -0.39 is 38.7 Å². The van der Waals surface area contributed by atoms with Crippen LogP contribution in [0.5, 0.6) is 0 Å². The van der Waals surface area contributed by atoms with Crippen molar-refractivity contribution in [2.45, 2.75) is 4.90 Å². The van der Waals surface area contributed by atoms with E-state index in [0.717, 1.165) is 36.4 Å². The Hall–Kier alpha value is -3.09. The fraction of sp³-hybridized carbons (Fsp3) is 0. The number of carbonyl (C=O) groups is 1. The smallest absolute Gasteiger partial charge is 0.266 e. The summed E-state index contributed by atoms with van der Waals surface area (Å²) in [6.07, 6.45) is 0.790. The third kappa shape index (κ3) is 4.47. The maximum absolute atomic E-state index is 13.6. The molecule has 0 saturated heterocycles. The van der Waals surface area contributed by atoms with Crippen LogP contribution in [0, 0.1) is 23.0 Å². The lowest BCUT2D eigenvalue weighted by atomic mass is 10.1. The van der Waals surface area contributed by atoms with E-state index in [-0.39, 0.29) is 10.6 Å². The maximum Gasteiger partial charge on any atom is 0.266 e. The average Bonchev–Trinajstić information content (AvgIpc) is 2.54. The lowest BCUT2D eigenvalue weighted by Crippen LogP contribution is -2.15. The molecule has 0 bridgehead atoms. The van der Waals surface area contributed by atoms with Gasteiger partial charge in [-0.3, -0.25) is 4.79 Å². The number of hydrogen-bond donors (Lipinski definition) is 2. The van der Waals surface area contributed by atoms with Crippen molar-refractivity contribution in [3.05, 3.63) is 65.2 Å². The maximum atomic E-state index is 13.6. The largest absolute Gasteiger partial charge is 0.321 e. The molecular weight excluding hydrogens is 352 g/mol. The van der Waals surface area contributed by atoms with Crippen LogP contribution in [0.1, 0.15) is 5.56 Å². The summed E-state index contributed by atoms with van der Waals surface area (Å²) in [5.74, 6) is -2.75. The lowest BCUT2D eigenvalue weighted by molar-refractivity contribution is -0.112. The molecule has 0 radical (unpaired) electrons. The molecule has 25 heavy (non-hydrogen) atoms. The van der Waals surface area contributed by atoms with Crippen molar-refractivity contribution in [1.29, 1.82) is 5.26 Å². The van der Waals surface area contributed by atoms with Gasteiger partial charge >= 0.3 is 0 Å². The first-order chi connectivity index (χ1) is 11.7. The van der Waals surface area contributed by atoms with Gasteiger partial charge in [-0.15, -0.1) is 0 Å². The Balaban J connectivity index is 2.27. The van der Waals surface area contributed by atoms with Gasteiger partial charge in [0, 0.05) is 11.3 Å². The van der Waals surface area contributed by atoms with Gasteiger partial charge in [-0.25, -0.2) is 22.3 Å². The zero-order chi connectivity index (χ0) is 18.6. The van der Waals surface area contributed by atoms with Crippen LogP contribution in [0.4, 0.5) is 14.5 Å². The Labute approximate surface area is 142 Å². The Morgan fingerprint density at radius 3 is 2.16 bits per heavy atom. The molecule has 6 nitrogen and oxygen atoms in total. The van der Waals surface area contributed by atoms with Crippen LogP contribution in [0.2, 0.25) is 0 Å². The van der Waals surface area contributed by atoms with Gasteiger partial charge in [0.2, 0.25) is 10.0 Å². The summed E-state index contributed by atoms with van der Waals surface area (Å²) in [5.41, 5.74) is -0.870. The van der Waals surface area contributed by atoms with Crippen LogP contribution in [-0.2, 0) is 14.8 Å². The highest BCUT2D eigenvalue weighted by atomic mass is 32.2. The van der Waals surface area contributed by atoms with Gasteiger partial charge in [0.15, 0.2) is 0 Å². The third-order valence-electron chi connectivity index (χ3n) is 3.09. The van der Waals surface area contributed by atoms with Crippen molar-refractivity contribution >= 4 is 27.7 Å². The molecule has 0 atom stereocenters. The third-order valence-corrected chi connectivity index (χ3v) is 4.02. The van der Waals surface area contributed by atoms with Crippen molar-refractivity contribution in [2.75, 3.05) is 5.32 Å². The van der Waals surface area contributed by atoms with Crippen LogP contribution in [0.25, 0.3) is 6.08 Å². The van der Waals surface area contributed by atoms with Gasteiger partial charge in [0.05, 0.1) is 4.90 Å². The first-order valence-corrected chi connectivity index (χ1v) is 8.27. The second kappa shape index (κ2) is 7.21. The van der Waals surface area contributed by atoms with Gasteiger partial charge in [0.1, 0.15) is 23.3 Å². The molecule has 1 amide bonds. The van der Waals surface area contributed by atoms with Gasteiger partial charge in [-0.05, 0) is 42.5 Å². The number of nitrogens with two attached hydrogens (primary N) is 1. The summed E-state index contributed by atoms with van der Waals surface area (Å²) < 4.78 is 49.5. The van der Waals surface area contributed by atoms with Crippen LogP contribution in [-0.4, -0.2) is 14.3 Å². The fourth-order valence-corrected chi connectivity index (χ4v) is 2.38. The SMILES string of the molecule is N#C/C(=C\c1c(F)cccc1F)C(=O)Nc1ccc(S(N)(=O)=O)cc1. The second-order valence-electron chi connectivity index (χ2n) is 4.83. The average molecular weight is 363 g/mol. The fourth-order valence-electron chi connectivity index (χ4n) is 1.87. The minimum Gasteiger partial charge on any atom is -0.321 e. The Morgan fingerprint density at radius 2 is 1.68 bits per heavy atom. The molecule has 0 fully saturated rings. The van der Waals surface area contributed by atoms with Gasteiger partial charge in [-0.2, -0.15) is 5.26 Å². The summed E-state index contributed by atoms with van der Waals surface area (Å²) in [6, 6.07) is 9.55. The number of hydrogen-bond acceptors (Lipinski definition) is 4. The van der Waals surface area contributed by atoms with Crippen molar-refractivity contribution in [3.8, 4) is 6.07 Å². The second-order valence-corrected chi connectivity index (χ2v) is 6.39. The van der Waals surface area contributed by atoms with E-state index in [1.54, 1.807) is 6.07 Å². The number of halogens is 2. The highest BCUT2D eigenvalue weighted by Gasteiger charge is 2.14. The minimum absolute atomic E-state index is 0.157. The topological polar surface area (TPSA) is 113 Å². The van der Waals surface area contributed by atoms with E-state index >= 15 is 0 Å². The summed E-state index contributed by atoms with van der Waals surface area (Å²) in [6.45, 7) is 0. The number of rotatable bonds is 4. The van der Waals surface area contributed by atoms with E-state index in [0.29, 0.717) is 0 Å². The quantitative estimate of drug-likeness (QED) is 0.640. The molecule has 0 heterocycles. The summed E-state index contributed by atoms with van der Waals surface area (Å²) >= 11 is 0. The number of benzene rings is 2. The molecule has 9 heteroatoms. The number of primary sulfonamides is 1. The summed E-state index contributed by atoms with van der Waals surface area (Å²) in [4.78, 5) is 11.9. The Kier molecular flexibility index (Phi) is 5.26. The lowest BCUT2D eigenvalue weighted by Gasteiger charge is -2.06. The summed E-state index contributed by atoms with van der Waals surface area (Å²) in [7, 11) is -3.88. The molecule has 0 unspecified atom stereocenters. The van der Waals surface area contributed by atoms with E-state index in [2.05, 4.69) is 5.32 Å². The number of sulfonamides is 1. The molecule has 0 aliphatic heterocycles. The van der Waals surface area contributed by atoms with Crippen molar-refractivity contribution in [2.24, 2.45) is 5.14 Å². The van der Waals surface area contributed by atoms with Gasteiger partial charge < -0.3 is 5.32 Å². The monoisotopic (exact) mass is 363 g/mol.